The third kappa shape index (κ3) is 71.2. The molecule has 0 atom stereocenters. The van der Waals surface area contributed by atoms with Crippen LogP contribution >= 0.6 is 0 Å². The fourth-order valence-corrected chi connectivity index (χ4v) is 0.0676. The Hall–Kier alpha value is -1.10. The topological polar surface area (TPSA) is 136 Å². The predicted octanol–water partition coefficient (Wildman–Crippen LogP) is -1.94. The number of aliphatic carboxylic acids is 3. The average molecular weight is 257 g/mol. The van der Waals surface area contributed by atoms with Gasteiger partial charge in [-0.25, -0.2) is 0 Å². The van der Waals surface area contributed by atoms with E-state index in [2.05, 4.69) is 0 Å². The summed E-state index contributed by atoms with van der Waals surface area (Å²) in [5.74, 6) is -2.56. The van der Waals surface area contributed by atoms with Crippen LogP contribution in [0.25, 0.3) is 0 Å². The van der Waals surface area contributed by atoms with E-state index in [0.29, 0.717) is 0 Å². The third-order valence-electron chi connectivity index (χ3n) is 0.835. The van der Waals surface area contributed by atoms with Gasteiger partial charge in [0, 0.05) is 12.8 Å². The van der Waals surface area contributed by atoms with E-state index < -0.39 is 24.3 Å². The van der Waals surface area contributed by atoms with Crippen molar-refractivity contribution in [3.63, 3.8) is 0 Å². The zero-order valence-corrected chi connectivity index (χ0v) is 12.1. The summed E-state index contributed by atoms with van der Waals surface area (Å²) >= 11 is 0. The van der Waals surface area contributed by atoms with Crippen LogP contribution in [0.2, 0.25) is 0 Å². The maximum absolute atomic E-state index is 9.38. The summed E-state index contributed by atoms with van der Waals surface area (Å²) in [7, 11) is 0. The van der Waals surface area contributed by atoms with E-state index in [4.69, 9.17) is 20.6 Å². The van der Waals surface area contributed by atoms with Gasteiger partial charge in [-0.05, 0) is 0 Å². The second-order valence-electron chi connectivity index (χ2n) is 2.22. The van der Waals surface area contributed by atoms with Crippen LogP contribution in [0.1, 0.15) is 34.5 Å². The summed E-state index contributed by atoms with van der Waals surface area (Å²) in [5, 5.41) is 30.7. The summed E-state index contributed by atoms with van der Waals surface area (Å²) in [6.07, 6.45) is 0.0417. The molecule has 0 amide bonds. The van der Waals surface area contributed by atoms with Gasteiger partial charge < -0.3 is 16.7 Å². The number of carbonyl (C=O) groups is 3. The molecule has 0 heterocycles. The van der Waals surface area contributed by atoms with E-state index in [0.717, 1.165) is 0 Å². The van der Waals surface area contributed by atoms with Gasteiger partial charge in [0.1, 0.15) is 6.42 Å². The molecule has 0 saturated heterocycles. The van der Waals surface area contributed by atoms with Crippen LogP contribution in [0.3, 0.4) is 0 Å². The Balaban J connectivity index is -0.0000000447. The first-order chi connectivity index (χ1) is 7.31. The van der Waals surface area contributed by atoms with Crippen molar-refractivity contribution in [2.45, 2.75) is 33.1 Å². The second-order valence-corrected chi connectivity index (χ2v) is 2.22. The van der Waals surface area contributed by atoms with Crippen molar-refractivity contribution in [1.29, 1.82) is 5.26 Å². The molecular formula is C9H16NNaO6. The molecule has 0 fully saturated rings. The molecule has 0 unspecified atom stereocenters. The van der Waals surface area contributed by atoms with E-state index in [1.54, 1.807) is 13.8 Å². The zero-order valence-electron chi connectivity index (χ0n) is 11.1. The van der Waals surface area contributed by atoms with Crippen molar-refractivity contribution < 1.29 is 60.7 Å². The van der Waals surface area contributed by atoms with Crippen LogP contribution in [-0.4, -0.2) is 33.2 Å². The molecule has 8 heteroatoms. The quantitative estimate of drug-likeness (QED) is 0.500. The van der Waals surface area contributed by atoms with Crippen molar-refractivity contribution in [3.8, 4) is 6.07 Å². The molecule has 7 nitrogen and oxygen atoms in total. The molecule has 0 radical (unpaired) electrons. The van der Waals surface area contributed by atoms with Crippen LogP contribution in [0.15, 0.2) is 0 Å². The van der Waals surface area contributed by atoms with Gasteiger partial charge in [-0.3, -0.25) is 14.4 Å². The summed E-state index contributed by atoms with van der Waals surface area (Å²) in [4.78, 5) is 28.1. The van der Waals surface area contributed by atoms with Gasteiger partial charge in [-0.2, -0.15) is 5.26 Å². The predicted molar refractivity (Wildman–Crippen MR) is 54.8 cm³/mol. The van der Waals surface area contributed by atoms with Crippen LogP contribution in [0.5, 0.6) is 0 Å². The molecule has 3 N–H and O–H groups in total. The fraction of sp³-hybridized carbons (Fsp3) is 0.556. The molecule has 0 aliphatic heterocycles. The molecule has 0 bridgehead atoms. The SMILES string of the molecule is CCC(=O)O.CCC(=O)O.N#CCC(=O)O.[H-].[Na+]. The minimum Gasteiger partial charge on any atom is -1.00 e. The molecule has 0 aromatic carbocycles. The number of carboxylic acid groups (broad SMARTS) is 3. The van der Waals surface area contributed by atoms with E-state index in [1.165, 1.54) is 6.07 Å². The van der Waals surface area contributed by atoms with E-state index >= 15 is 0 Å². The summed E-state index contributed by atoms with van der Waals surface area (Å²) in [6, 6.07) is 1.47. The van der Waals surface area contributed by atoms with Gasteiger partial charge in [0.15, 0.2) is 0 Å². The Morgan fingerprint density at radius 2 is 1.24 bits per heavy atom. The monoisotopic (exact) mass is 257 g/mol. The van der Waals surface area contributed by atoms with Gasteiger partial charge in [0.05, 0.1) is 6.07 Å². The summed E-state index contributed by atoms with van der Waals surface area (Å²) < 4.78 is 0. The molecule has 17 heavy (non-hydrogen) atoms. The third-order valence-corrected chi connectivity index (χ3v) is 0.835. The van der Waals surface area contributed by atoms with Gasteiger partial charge in [0.25, 0.3) is 0 Å². The largest absolute Gasteiger partial charge is 1.00 e. The fourth-order valence-electron chi connectivity index (χ4n) is 0.0676. The van der Waals surface area contributed by atoms with Crippen molar-refractivity contribution in [3.05, 3.63) is 0 Å². The van der Waals surface area contributed by atoms with Crippen molar-refractivity contribution in [2.24, 2.45) is 0 Å². The molecule has 0 aliphatic carbocycles. The first kappa shape index (κ1) is 24.9. The number of hydrogen-bond acceptors (Lipinski definition) is 4. The zero-order chi connectivity index (χ0) is 13.6. The minimum absolute atomic E-state index is 0. The van der Waals surface area contributed by atoms with E-state index in [9.17, 15) is 14.4 Å². The van der Waals surface area contributed by atoms with Crippen LogP contribution in [0.4, 0.5) is 0 Å². The Morgan fingerprint density at radius 1 is 1.00 bits per heavy atom. The number of rotatable bonds is 3. The Kier molecular flexibility index (Phi) is 29.8. The van der Waals surface area contributed by atoms with Crippen molar-refractivity contribution in [2.75, 3.05) is 0 Å². The smallest absolute Gasteiger partial charge is 1.00 e. The number of carboxylic acids is 3. The van der Waals surface area contributed by atoms with Gasteiger partial charge in [0.2, 0.25) is 0 Å². The Labute approximate surface area is 123 Å². The molecule has 0 aliphatic rings. The normalized spacial score (nSPS) is 6.65. The standard InChI is InChI=1S/C3H3NO2.2C3H6O2.Na.H/c4-2-1-3(5)6;2*1-2-3(4)5;;/h1H2,(H,5,6);2*2H2,1H3,(H,4,5);;/q;;;+1;-1. The van der Waals surface area contributed by atoms with Crippen molar-refractivity contribution >= 4 is 17.9 Å². The summed E-state index contributed by atoms with van der Waals surface area (Å²) in [6.45, 7) is 3.20. The number of hydrogen-bond donors (Lipinski definition) is 3. The van der Waals surface area contributed by atoms with Crippen LogP contribution in [0, 0.1) is 11.3 Å². The first-order valence-corrected chi connectivity index (χ1v) is 4.34. The van der Waals surface area contributed by atoms with Gasteiger partial charge in [-0.15, -0.1) is 0 Å². The van der Waals surface area contributed by atoms with E-state index in [1.807, 2.05) is 0 Å². The van der Waals surface area contributed by atoms with Crippen LogP contribution in [-0.2, 0) is 14.4 Å². The van der Waals surface area contributed by atoms with Crippen molar-refractivity contribution in [1.82, 2.24) is 0 Å². The maximum Gasteiger partial charge on any atom is 1.00 e. The molecule has 94 valence electrons. The molecule has 0 aromatic heterocycles. The molecule has 0 spiro atoms. The number of nitrogens with zero attached hydrogens (tertiary/aromatic N) is 1. The average Bonchev–Trinajstić information content (AvgIpc) is 2.19. The molecule has 0 rings (SSSR count). The van der Waals surface area contributed by atoms with Gasteiger partial charge >= 0.3 is 47.5 Å². The van der Waals surface area contributed by atoms with E-state index in [-0.39, 0.29) is 43.8 Å². The summed E-state index contributed by atoms with van der Waals surface area (Å²) in [5.41, 5.74) is 0. The first-order valence-electron chi connectivity index (χ1n) is 4.34. The Morgan fingerprint density at radius 3 is 1.24 bits per heavy atom. The number of nitriles is 1. The Bertz CT molecular complexity index is 252. The molecule has 0 aromatic rings. The van der Waals surface area contributed by atoms with Crippen LogP contribution < -0.4 is 29.6 Å². The second kappa shape index (κ2) is 20.3. The molecular weight excluding hydrogens is 241 g/mol. The minimum atomic E-state index is -1.07. The maximum atomic E-state index is 9.38. The molecule has 0 saturated carbocycles. The van der Waals surface area contributed by atoms with Gasteiger partial charge in [-0.1, -0.05) is 13.8 Å².